The van der Waals surface area contributed by atoms with E-state index in [0.717, 1.165) is 64.2 Å². The molecule has 1 amide bonds. The Labute approximate surface area is 614 Å². The third-order valence-electron chi connectivity index (χ3n) is 21.4. The summed E-state index contributed by atoms with van der Waals surface area (Å²) < 4.78 is 23.0. The summed E-state index contributed by atoms with van der Waals surface area (Å²) in [5.74, 6) is -0.198. The van der Waals surface area contributed by atoms with Gasteiger partial charge in [0.2, 0.25) is 5.91 Å². The molecule has 2 aliphatic heterocycles. The van der Waals surface area contributed by atoms with E-state index in [1.165, 1.54) is 321 Å². The molecule has 9 N–H and O–H groups in total. The number of hydrogen-bond donors (Lipinski definition) is 9. The van der Waals surface area contributed by atoms with Crippen LogP contribution in [0.2, 0.25) is 0 Å². The third-order valence-corrected chi connectivity index (χ3v) is 21.4. The molecule has 0 spiro atoms. The van der Waals surface area contributed by atoms with E-state index in [1.54, 1.807) is 0 Å². The van der Waals surface area contributed by atoms with Crippen LogP contribution in [0, 0.1) is 0 Å². The van der Waals surface area contributed by atoms with Gasteiger partial charge in [-0.3, -0.25) is 4.79 Å². The van der Waals surface area contributed by atoms with Gasteiger partial charge in [0.05, 0.1) is 32.0 Å². The smallest absolute Gasteiger partial charge is 0.220 e. The molecule has 0 radical (unpaired) electrons. The van der Waals surface area contributed by atoms with Gasteiger partial charge in [-0.1, -0.05) is 391 Å². The van der Waals surface area contributed by atoms with Crippen molar-refractivity contribution in [2.24, 2.45) is 0 Å². The number of rotatable bonds is 74. The molecule has 0 bridgehead atoms. The highest BCUT2D eigenvalue weighted by molar-refractivity contribution is 5.76. The summed E-state index contributed by atoms with van der Waals surface area (Å²) in [6.07, 6.45) is 76.3. The van der Waals surface area contributed by atoms with Crippen LogP contribution in [-0.2, 0) is 23.7 Å². The fourth-order valence-corrected chi connectivity index (χ4v) is 14.5. The largest absolute Gasteiger partial charge is 0.394 e. The summed E-state index contributed by atoms with van der Waals surface area (Å²) in [6.45, 7) is 2.92. The number of carbonyl (C=O) groups excluding carboxylic acids is 1. The molecule has 2 heterocycles. The fraction of sp³-hybridized carbons (Fsp3) is 0.919. The van der Waals surface area contributed by atoms with Crippen molar-refractivity contribution < 1.29 is 64.6 Å². The van der Waals surface area contributed by atoms with Gasteiger partial charge < -0.3 is 65.1 Å². The first-order valence-corrected chi connectivity index (χ1v) is 43.2. The number of amides is 1. The van der Waals surface area contributed by atoms with E-state index < -0.39 is 86.8 Å². The molecule has 12 unspecified atom stereocenters. The number of aliphatic hydroxyl groups is 8. The van der Waals surface area contributed by atoms with Crippen molar-refractivity contribution in [1.29, 1.82) is 0 Å². The minimum absolute atomic E-state index is 0.198. The molecular weight excluding hydrogens is 1250 g/mol. The van der Waals surface area contributed by atoms with E-state index in [1.807, 2.05) is 0 Å². The zero-order valence-electron chi connectivity index (χ0n) is 65.0. The summed E-state index contributed by atoms with van der Waals surface area (Å²) in [7, 11) is 0. The predicted octanol–water partition coefficient (Wildman–Crippen LogP) is 20.4. The van der Waals surface area contributed by atoms with E-state index >= 15 is 0 Å². The second-order valence-electron chi connectivity index (χ2n) is 30.7. The quantitative estimate of drug-likeness (QED) is 0.0204. The van der Waals surface area contributed by atoms with Crippen molar-refractivity contribution in [3.05, 3.63) is 36.5 Å². The first kappa shape index (κ1) is 94.3. The Morgan fingerprint density at radius 1 is 0.360 bits per heavy atom. The van der Waals surface area contributed by atoms with Crippen molar-refractivity contribution in [2.45, 2.75) is 485 Å². The zero-order valence-corrected chi connectivity index (χ0v) is 65.0. The molecule has 0 aliphatic carbocycles. The molecule has 2 saturated heterocycles. The van der Waals surface area contributed by atoms with Gasteiger partial charge in [0.25, 0.3) is 0 Å². The Morgan fingerprint density at radius 3 is 1.01 bits per heavy atom. The molecule has 2 fully saturated rings. The number of unbranched alkanes of at least 4 members (excludes halogenated alkanes) is 55. The number of carbonyl (C=O) groups is 1. The standard InChI is InChI=1S/C86H163NO13/c1-3-5-7-9-11-13-15-17-19-21-23-25-27-29-31-33-35-36-37-38-40-42-44-46-48-50-52-54-56-58-60-62-64-66-68-70-78(91)87-74(73-97-85-83(96)81(94)84(77(72-89)99-85)100-86-82(95)80(93)79(92)76(71-88)98-86)75(90)69-67-65-63-61-59-57-55-53-51-49-47-45-43-41-39-34-32-30-28-26-24-22-20-18-16-14-12-10-8-6-4-2/h15,17,21,23,27,29,74-77,79-86,88-90,92-96H,3-14,16,18-20,22,24-26,28,30-73H2,1-2H3,(H,87,91)/b17-15-,23-21-,29-27-. The van der Waals surface area contributed by atoms with Crippen LogP contribution >= 0.6 is 0 Å². The Kier molecular flexibility index (Phi) is 66.2. The summed E-state index contributed by atoms with van der Waals surface area (Å²) in [6, 6.07) is -0.830. The molecule has 100 heavy (non-hydrogen) atoms. The lowest BCUT2D eigenvalue weighted by atomic mass is 9.97. The number of aliphatic hydroxyl groups excluding tert-OH is 8. The maximum Gasteiger partial charge on any atom is 0.220 e. The average molecular weight is 1420 g/mol. The number of hydrogen-bond acceptors (Lipinski definition) is 13. The molecule has 590 valence electrons. The van der Waals surface area contributed by atoms with E-state index in [2.05, 4.69) is 55.6 Å². The van der Waals surface area contributed by atoms with E-state index in [4.69, 9.17) is 18.9 Å². The molecule has 0 aromatic carbocycles. The van der Waals surface area contributed by atoms with Gasteiger partial charge in [0, 0.05) is 6.42 Å². The predicted molar refractivity (Wildman–Crippen MR) is 415 cm³/mol. The van der Waals surface area contributed by atoms with Crippen LogP contribution in [0.15, 0.2) is 36.5 Å². The number of ether oxygens (including phenoxy) is 4. The van der Waals surface area contributed by atoms with Crippen LogP contribution in [0.4, 0.5) is 0 Å². The Morgan fingerprint density at radius 2 is 0.660 bits per heavy atom. The van der Waals surface area contributed by atoms with Crippen LogP contribution in [0.25, 0.3) is 0 Å². The van der Waals surface area contributed by atoms with Crippen molar-refractivity contribution in [3.63, 3.8) is 0 Å². The monoisotopic (exact) mass is 1420 g/mol. The van der Waals surface area contributed by atoms with Crippen LogP contribution < -0.4 is 5.32 Å². The maximum absolute atomic E-state index is 13.4. The van der Waals surface area contributed by atoms with Gasteiger partial charge in [-0.25, -0.2) is 0 Å². The molecule has 14 nitrogen and oxygen atoms in total. The lowest BCUT2D eigenvalue weighted by Crippen LogP contribution is -2.65. The second-order valence-corrected chi connectivity index (χ2v) is 30.7. The molecule has 0 aromatic heterocycles. The summed E-state index contributed by atoms with van der Waals surface area (Å²) in [5.41, 5.74) is 0. The summed E-state index contributed by atoms with van der Waals surface area (Å²) in [5, 5.41) is 88.0. The number of allylic oxidation sites excluding steroid dienone is 6. The molecule has 0 saturated carbocycles. The Balaban J connectivity index is 1.57. The average Bonchev–Trinajstić information content (AvgIpc) is 0.790. The van der Waals surface area contributed by atoms with Gasteiger partial charge in [-0.15, -0.1) is 0 Å². The highest BCUT2D eigenvalue weighted by atomic mass is 16.7. The minimum Gasteiger partial charge on any atom is -0.394 e. The van der Waals surface area contributed by atoms with Gasteiger partial charge in [0.1, 0.15) is 48.8 Å². The molecule has 0 aromatic rings. The fourth-order valence-electron chi connectivity index (χ4n) is 14.5. The second kappa shape index (κ2) is 70.2. The zero-order chi connectivity index (χ0) is 72.2. The van der Waals surface area contributed by atoms with Crippen LogP contribution in [-0.4, -0.2) is 140 Å². The molecule has 12 atom stereocenters. The lowest BCUT2D eigenvalue weighted by molar-refractivity contribution is -0.359. The Hall–Kier alpha value is -1.79. The van der Waals surface area contributed by atoms with E-state index in [9.17, 15) is 45.6 Å². The van der Waals surface area contributed by atoms with Crippen molar-refractivity contribution in [2.75, 3.05) is 19.8 Å². The van der Waals surface area contributed by atoms with Gasteiger partial charge in [-0.05, 0) is 51.4 Å². The van der Waals surface area contributed by atoms with Gasteiger partial charge in [-0.2, -0.15) is 0 Å². The Bertz CT molecular complexity index is 1820. The topological polar surface area (TPSA) is 228 Å². The highest BCUT2D eigenvalue weighted by Gasteiger charge is 2.51. The first-order valence-electron chi connectivity index (χ1n) is 43.2. The summed E-state index contributed by atoms with van der Waals surface area (Å²) in [4.78, 5) is 13.4. The molecular formula is C86H163NO13. The van der Waals surface area contributed by atoms with Crippen LogP contribution in [0.1, 0.15) is 412 Å². The number of nitrogens with one attached hydrogen (secondary N) is 1. The third kappa shape index (κ3) is 52.2. The molecule has 2 aliphatic rings. The van der Waals surface area contributed by atoms with Crippen molar-refractivity contribution in [3.8, 4) is 0 Å². The van der Waals surface area contributed by atoms with E-state index in [0.29, 0.717) is 12.8 Å². The first-order chi connectivity index (χ1) is 49.1. The SMILES string of the molecule is CCCCCCC/C=C\C/C=C\C/C=C\CCCCCCCCCCCCCCCCCCCCCCC(=O)NC(COC1OC(CO)C(OC2OC(CO)C(O)C(O)C2O)C(O)C1O)C(O)CCCCCCCCCCCCCCCCCCCCCCCCCCCCCCCCC. The highest BCUT2D eigenvalue weighted by Crippen LogP contribution is 2.31. The lowest BCUT2D eigenvalue weighted by Gasteiger charge is -2.46. The summed E-state index contributed by atoms with van der Waals surface area (Å²) >= 11 is 0. The van der Waals surface area contributed by atoms with Crippen molar-refractivity contribution >= 4 is 5.91 Å². The maximum atomic E-state index is 13.4. The van der Waals surface area contributed by atoms with Crippen LogP contribution in [0.3, 0.4) is 0 Å². The van der Waals surface area contributed by atoms with Gasteiger partial charge >= 0.3 is 0 Å². The van der Waals surface area contributed by atoms with Crippen LogP contribution in [0.5, 0.6) is 0 Å². The molecule has 2 rings (SSSR count). The normalized spacial score (nSPS) is 21.9. The van der Waals surface area contributed by atoms with Crippen molar-refractivity contribution in [1.82, 2.24) is 5.32 Å². The van der Waals surface area contributed by atoms with Gasteiger partial charge in [0.15, 0.2) is 12.6 Å². The molecule has 14 heteroatoms. The minimum atomic E-state index is -1.78. The van der Waals surface area contributed by atoms with E-state index in [-0.39, 0.29) is 12.5 Å².